The van der Waals surface area contributed by atoms with Crippen LogP contribution >= 0.6 is 0 Å². The minimum Gasteiger partial charge on any atom is -0.310 e. The smallest absolute Gasteiger partial charge is 0.113 e. The van der Waals surface area contributed by atoms with Crippen LogP contribution in [0.3, 0.4) is 0 Å². The van der Waals surface area contributed by atoms with Crippen molar-refractivity contribution < 1.29 is 0 Å². The highest BCUT2D eigenvalue weighted by Crippen LogP contribution is 2.58. The van der Waals surface area contributed by atoms with Crippen molar-refractivity contribution in [2.24, 2.45) is 0 Å². The maximum atomic E-state index is 2.61. The van der Waals surface area contributed by atoms with Crippen LogP contribution in [0.15, 0.2) is 243 Å². The summed E-state index contributed by atoms with van der Waals surface area (Å²) in [7, 11) is -2.41. The lowest BCUT2D eigenvalue weighted by Crippen LogP contribution is -2.63. The van der Waals surface area contributed by atoms with Gasteiger partial charge < -0.3 is 9.47 Å². The number of hydrogen-bond donors (Lipinski definition) is 0. The lowest BCUT2D eigenvalue weighted by atomic mass is 9.59. The second-order valence-corrected chi connectivity index (χ2v) is 25.9. The standard InChI is InChI=1S/C70H52N2Si/c1-69(2)58-29-14-11-25-52(58)56-42-47(34-38-59(56)69)71(48-36-41-65-57(43-48)53-26-13-17-32-64(53)72(65)46-22-9-6-10-23-46)49-35-39-62-67(44-49)73(3,4)66-33-18-16-31-61(66)70(62)60-30-15-12-24-51(60)55-28-19-27-54-50(37-40-63(70)68(54)55)45-20-7-5-8-21-45/h5-44H,1-4H3. The number of fused-ring (bicyclic) bond motifs is 14. The van der Waals surface area contributed by atoms with Crippen molar-refractivity contribution in [2.45, 2.75) is 37.8 Å². The second-order valence-electron chi connectivity index (χ2n) is 21.6. The Labute approximate surface area is 428 Å². The first-order valence-corrected chi connectivity index (χ1v) is 28.8. The molecule has 11 aromatic carbocycles. The van der Waals surface area contributed by atoms with Crippen molar-refractivity contribution >= 4 is 68.1 Å². The highest BCUT2D eigenvalue weighted by molar-refractivity contribution is 7.01. The van der Waals surface area contributed by atoms with Crippen molar-refractivity contribution in [1.82, 2.24) is 4.57 Å². The molecule has 12 aromatic rings. The number of anilines is 3. The van der Waals surface area contributed by atoms with Gasteiger partial charge in [0.15, 0.2) is 0 Å². The van der Waals surface area contributed by atoms with E-state index in [1.54, 1.807) is 0 Å². The summed E-state index contributed by atoms with van der Waals surface area (Å²) >= 11 is 0. The van der Waals surface area contributed by atoms with E-state index in [0.717, 1.165) is 17.1 Å². The number of aromatic nitrogens is 1. The predicted octanol–water partition coefficient (Wildman–Crippen LogP) is 16.9. The molecule has 1 aliphatic heterocycles. The Morgan fingerprint density at radius 2 is 0.904 bits per heavy atom. The zero-order chi connectivity index (χ0) is 48.8. The van der Waals surface area contributed by atoms with E-state index in [-0.39, 0.29) is 5.41 Å². The summed E-state index contributed by atoms with van der Waals surface area (Å²) < 4.78 is 2.42. The Hall–Kier alpha value is -8.50. The van der Waals surface area contributed by atoms with Gasteiger partial charge in [-0.2, -0.15) is 0 Å². The Morgan fingerprint density at radius 3 is 1.71 bits per heavy atom. The van der Waals surface area contributed by atoms with E-state index in [4.69, 9.17) is 0 Å². The van der Waals surface area contributed by atoms with Crippen molar-refractivity contribution in [1.29, 1.82) is 0 Å². The third-order valence-electron chi connectivity index (χ3n) is 17.2. The summed E-state index contributed by atoms with van der Waals surface area (Å²) in [5, 5.41) is 8.08. The van der Waals surface area contributed by atoms with Gasteiger partial charge in [-0.1, -0.05) is 209 Å². The van der Waals surface area contributed by atoms with E-state index in [2.05, 4.69) is 279 Å². The highest BCUT2D eigenvalue weighted by atomic mass is 28.3. The molecule has 0 bridgehead atoms. The summed E-state index contributed by atoms with van der Waals surface area (Å²) in [6, 6.07) is 92.2. The summed E-state index contributed by atoms with van der Waals surface area (Å²) in [5.41, 5.74) is 22.4. The fourth-order valence-electron chi connectivity index (χ4n) is 14.0. The molecule has 0 saturated carbocycles. The number of nitrogens with zero attached hydrogens (tertiary/aromatic N) is 2. The molecule has 346 valence electrons. The maximum absolute atomic E-state index is 2.61. The molecule has 0 fully saturated rings. The van der Waals surface area contributed by atoms with Gasteiger partial charge in [0.2, 0.25) is 0 Å². The van der Waals surface area contributed by atoms with Crippen molar-refractivity contribution in [3.8, 4) is 39.1 Å². The first-order valence-electron chi connectivity index (χ1n) is 25.8. The Balaban J connectivity index is 1.01. The van der Waals surface area contributed by atoms with Gasteiger partial charge in [-0.05, 0) is 149 Å². The van der Waals surface area contributed by atoms with E-state index >= 15 is 0 Å². The topological polar surface area (TPSA) is 8.17 Å². The minimum atomic E-state index is -2.41. The van der Waals surface area contributed by atoms with Gasteiger partial charge in [-0.25, -0.2) is 0 Å². The molecular weight excluding hydrogens is 897 g/mol. The first-order chi connectivity index (χ1) is 35.7. The van der Waals surface area contributed by atoms with Crippen LogP contribution in [0.2, 0.25) is 13.1 Å². The largest absolute Gasteiger partial charge is 0.310 e. The lowest BCUT2D eigenvalue weighted by Gasteiger charge is -2.50. The minimum absolute atomic E-state index is 0.101. The highest BCUT2D eigenvalue weighted by Gasteiger charge is 2.53. The molecule has 1 spiro atoms. The Bertz CT molecular complexity index is 4270. The fraction of sp³-hybridized carbons (Fsp3) is 0.0857. The van der Waals surface area contributed by atoms with Gasteiger partial charge in [0.25, 0.3) is 0 Å². The molecule has 15 rings (SSSR count). The van der Waals surface area contributed by atoms with Crippen LogP contribution in [-0.2, 0) is 10.8 Å². The number of benzene rings is 11. The molecule has 3 heteroatoms. The average Bonchev–Trinajstić information content (AvgIpc) is 3.97. The molecule has 0 amide bonds. The van der Waals surface area contributed by atoms with Gasteiger partial charge in [0, 0.05) is 38.9 Å². The molecule has 2 nitrogen and oxygen atoms in total. The van der Waals surface area contributed by atoms with E-state index in [0.29, 0.717) is 0 Å². The molecular formula is C70H52N2Si. The van der Waals surface area contributed by atoms with Crippen molar-refractivity contribution in [3.05, 3.63) is 276 Å². The Morgan fingerprint density at radius 1 is 0.356 bits per heavy atom. The number of hydrogen-bond acceptors (Lipinski definition) is 1. The molecule has 1 aromatic heterocycles. The molecule has 2 aliphatic carbocycles. The first kappa shape index (κ1) is 42.2. The maximum Gasteiger partial charge on any atom is 0.113 e. The van der Waals surface area contributed by atoms with Crippen LogP contribution in [0, 0.1) is 0 Å². The van der Waals surface area contributed by atoms with E-state index in [9.17, 15) is 0 Å². The quantitative estimate of drug-likeness (QED) is 0.156. The van der Waals surface area contributed by atoms with E-state index in [1.807, 2.05) is 0 Å². The molecule has 1 atom stereocenters. The van der Waals surface area contributed by atoms with Crippen molar-refractivity contribution in [2.75, 3.05) is 4.90 Å². The number of para-hydroxylation sites is 2. The third-order valence-corrected chi connectivity index (χ3v) is 20.8. The van der Waals surface area contributed by atoms with Crippen LogP contribution < -0.4 is 15.3 Å². The summed E-state index contributed by atoms with van der Waals surface area (Å²) in [4.78, 5) is 2.55. The van der Waals surface area contributed by atoms with E-state index in [1.165, 1.54) is 115 Å². The number of rotatable bonds is 5. The van der Waals surface area contributed by atoms with Gasteiger partial charge in [-0.15, -0.1) is 0 Å². The predicted molar refractivity (Wildman–Crippen MR) is 310 cm³/mol. The van der Waals surface area contributed by atoms with Gasteiger partial charge in [0.05, 0.1) is 16.4 Å². The van der Waals surface area contributed by atoms with Gasteiger partial charge in [-0.3, -0.25) is 0 Å². The third kappa shape index (κ3) is 5.69. The normalized spacial score (nSPS) is 16.2. The summed E-state index contributed by atoms with van der Waals surface area (Å²) in [5.74, 6) is 0. The van der Waals surface area contributed by atoms with Gasteiger partial charge >= 0.3 is 0 Å². The molecule has 73 heavy (non-hydrogen) atoms. The molecule has 3 aliphatic rings. The van der Waals surface area contributed by atoms with Gasteiger partial charge in [0.1, 0.15) is 8.07 Å². The fourth-order valence-corrected chi connectivity index (χ4v) is 17.2. The van der Waals surface area contributed by atoms with Crippen LogP contribution in [-0.4, -0.2) is 12.6 Å². The summed E-state index contributed by atoms with van der Waals surface area (Å²) in [6.45, 7) is 9.92. The summed E-state index contributed by atoms with van der Waals surface area (Å²) in [6.07, 6.45) is 0. The van der Waals surface area contributed by atoms with Crippen LogP contribution in [0.25, 0.3) is 71.6 Å². The Kier molecular flexibility index (Phi) is 8.82. The SMILES string of the molecule is CC1(C)c2ccccc2-c2cc(N(c3ccc4c(c3)[Si](C)(C)c3ccccc3C43c4ccccc4-c4cccc5c(-c6ccccc6)ccc3c45)c3ccc4c(c3)c3ccccc3n4-c3ccccc3)ccc21. The molecule has 0 N–H and O–H groups in total. The second kappa shape index (κ2) is 15.3. The van der Waals surface area contributed by atoms with Crippen molar-refractivity contribution in [3.63, 3.8) is 0 Å². The molecule has 1 unspecified atom stereocenters. The monoisotopic (exact) mass is 948 g/mol. The zero-order valence-corrected chi connectivity index (χ0v) is 42.5. The lowest BCUT2D eigenvalue weighted by molar-refractivity contribution is 0.660. The molecule has 0 saturated heterocycles. The molecule has 2 heterocycles. The zero-order valence-electron chi connectivity index (χ0n) is 41.5. The molecule has 0 radical (unpaired) electrons. The van der Waals surface area contributed by atoms with Crippen LogP contribution in [0.1, 0.15) is 47.2 Å². The van der Waals surface area contributed by atoms with Crippen LogP contribution in [0.4, 0.5) is 17.1 Å². The van der Waals surface area contributed by atoms with E-state index < -0.39 is 13.5 Å². The van der Waals surface area contributed by atoms with Crippen LogP contribution in [0.5, 0.6) is 0 Å². The average molecular weight is 949 g/mol.